The molecule has 0 aliphatic carbocycles. The Labute approximate surface area is 215 Å². The van der Waals surface area contributed by atoms with Crippen LogP contribution < -0.4 is 10.9 Å². The lowest BCUT2D eigenvalue weighted by Crippen LogP contribution is -2.44. The van der Waals surface area contributed by atoms with Gasteiger partial charge in [-0.3, -0.25) is 19.9 Å². The van der Waals surface area contributed by atoms with Crippen molar-refractivity contribution in [2.45, 2.75) is 38.5 Å². The second-order valence-corrected chi connectivity index (χ2v) is 9.38. The number of benzene rings is 1. The lowest BCUT2D eigenvalue weighted by Gasteiger charge is -2.31. The Morgan fingerprint density at radius 1 is 1.24 bits per heavy atom. The number of nitrogens with zero attached hydrogens (tertiary/aromatic N) is 4. The Morgan fingerprint density at radius 3 is 2.82 bits per heavy atom. The largest absolute Gasteiger partial charge is 0.458 e. The van der Waals surface area contributed by atoms with E-state index in [4.69, 9.17) is 9.72 Å². The summed E-state index contributed by atoms with van der Waals surface area (Å²) in [6.07, 6.45) is 4.11. The van der Waals surface area contributed by atoms with Crippen molar-refractivity contribution in [3.05, 3.63) is 91.5 Å². The molecular weight excluding hydrogens is 490 g/mol. The number of aliphatic hydroxyl groups is 1. The molecule has 0 fully saturated rings. The highest BCUT2D eigenvalue weighted by Gasteiger charge is 2.45. The van der Waals surface area contributed by atoms with Crippen LogP contribution in [0.1, 0.15) is 35.6 Å². The van der Waals surface area contributed by atoms with Crippen LogP contribution in [0.3, 0.4) is 0 Å². The van der Waals surface area contributed by atoms with E-state index in [1.54, 1.807) is 37.5 Å². The molecule has 0 spiro atoms. The van der Waals surface area contributed by atoms with Crippen LogP contribution in [-0.2, 0) is 34.7 Å². The molecule has 6 rings (SSSR count). The van der Waals surface area contributed by atoms with Crippen LogP contribution in [0, 0.1) is 10.1 Å². The predicted octanol–water partition coefficient (Wildman–Crippen LogP) is 3.04. The molecule has 2 N–H and O–H groups in total. The molecule has 11 heteroatoms. The maximum absolute atomic E-state index is 13.6. The Bertz CT molecular complexity index is 1700. The molecule has 192 valence electrons. The van der Waals surface area contributed by atoms with Crippen LogP contribution in [0.5, 0.6) is 0 Å². The summed E-state index contributed by atoms with van der Waals surface area (Å²) in [4.78, 5) is 46.4. The fourth-order valence-electron chi connectivity index (χ4n) is 5.34. The smallest absolute Gasteiger partial charge is 0.343 e. The van der Waals surface area contributed by atoms with Gasteiger partial charge < -0.3 is 19.7 Å². The topological polar surface area (TPSA) is 149 Å². The molecular formula is C27H23N5O6. The lowest BCUT2D eigenvalue weighted by atomic mass is 9.86. The molecule has 2 aliphatic rings. The number of nitro groups is 1. The third-order valence-electron chi connectivity index (χ3n) is 7.33. The monoisotopic (exact) mass is 513 g/mol. The quantitative estimate of drug-likeness (QED) is 0.198. The highest BCUT2D eigenvalue weighted by molar-refractivity contribution is 6.03. The van der Waals surface area contributed by atoms with Gasteiger partial charge in [0.1, 0.15) is 12.0 Å². The number of carbonyl (C=O) groups excluding carboxylic acids is 1. The van der Waals surface area contributed by atoms with E-state index in [0.29, 0.717) is 46.5 Å². The van der Waals surface area contributed by atoms with E-state index >= 15 is 0 Å². The molecule has 3 aromatic heterocycles. The number of pyridine rings is 3. The van der Waals surface area contributed by atoms with Gasteiger partial charge in [0.2, 0.25) is 0 Å². The second-order valence-electron chi connectivity index (χ2n) is 9.38. The maximum Gasteiger partial charge on any atom is 0.343 e. The number of rotatable bonds is 6. The number of fused-ring (bicyclic) bond motifs is 5. The molecule has 4 aromatic rings. The Hall–Kier alpha value is -4.64. The molecule has 0 radical (unpaired) electrons. The van der Waals surface area contributed by atoms with E-state index in [1.807, 2.05) is 12.1 Å². The number of anilines is 1. The lowest BCUT2D eigenvalue weighted by molar-refractivity contribution is -0.383. The normalized spacial score (nSPS) is 17.5. The van der Waals surface area contributed by atoms with Crippen molar-refractivity contribution in [2.24, 2.45) is 0 Å². The number of carbonyl (C=O) groups is 1. The summed E-state index contributed by atoms with van der Waals surface area (Å²) in [5, 5.41) is 26.8. The van der Waals surface area contributed by atoms with Crippen LogP contribution >= 0.6 is 0 Å². The predicted molar refractivity (Wildman–Crippen MR) is 138 cm³/mol. The summed E-state index contributed by atoms with van der Waals surface area (Å²) in [7, 11) is 0. The van der Waals surface area contributed by atoms with Gasteiger partial charge in [0.25, 0.3) is 11.2 Å². The van der Waals surface area contributed by atoms with Crippen molar-refractivity contribution < 1.29 is 19.6 Å². The van der Waals surface area contributed by atoms with Gasteiger partial charge in [0.05, 0.1) is 39.6 Å². The zero-order valence-electron chi connectivity index (χ0n) is 20.4. The molecule has 1 aromatic carbocycles. The summed E-state index contributed by atoms with van der Waals surface area (Å²) in [6.45, 7) is 2.00. The second kappa shape index (κ2) is 8.73. The van der Waals surface area contributed by atoms with Gasteiger partial charge >= 0.3 is 5.97 Å². The minimum Gasteiger partial charge on any atom is -0.458 e. The summed E-state index contributed by atoms with van der Waals surface area (Å²) in [5.74, 6) is -0.796. The first-order chi connectivity index (χ1) is 18.3. The van der Waals surface area contributed by atoms with Crippen LogP contribution in [0.15, 0.2) is 53.6 Å². The van der Waals surface area contributed by atoms with Crippen molar-refractivity contribution in [2.75, 3.05) is 11.9 Å². The number of non-ortho nitro benzene ring substituents is 1. The number of hydrogen-bond acceptors (Lipinski definition) is 9. The molecule has 0 saturated heterocycles. The number of esters is 1. The number of hydrogen-bond donors (Lipinski definition) is 2. The molecule has 1 atom stereocenters. The van der Waals surface area contributed by atoms with E-state index in [-0.39, 0.29) is 36.4 Å². The van der Waals surface area contributed by atoms with E-state index < -0.39 is 22.1 Å². The molecule has 5 heterocycles. The number of aromatic nitrogens is 3. The average Bonchev–Trinajstić information content (AvgIpc) is 3.29. The Morgan fingerprint density at radius 2 is 2.08 bits per heavy atom. The zero-order valence-corrected chi connectivity index (χ0v) is 20.4. The molecule has 0 amide bonds. The third-order valence-corrected chi connectivity index (χ3v) is 7.33. The van der Waals surface area contributed by atoms with Gasteiger partial charge in [-0.1, -0.05) is 19.1 Å². The SMILES string of the molecule is CC[C@@]1(O)C(=O)OCc2c1cc1n(c2=O)Cc2c-1nc1cccc([N+](=O)[O-])c1c2NCCc1cccnc1. The van der Waals surface area contributed by atoms with E-state index in [9.17, 15) is 24.8 Å². The van der Waals surface area contributed by atoms with Crippen LogP contribution in [0.4, 0.5) is 11.4 Å². The first-order valence-corrected chi connectivity index (χ1v) is 12.2. The standard InChI is InChI=1S/C27H23N5O6/c1-2-27(35)18-11-21-23-16(13-31(21)25(33)17(18)14-38-26(27)34)24(29-10-8-15-5-4-9-28-12-15)22-19(30-23)6-3-7-20(22)32(36)37/h3-7,9,11-12,35H,2,8,10,13-14H2,1H3,(H,29,30)/t27-/m0/s1. The van der Waals surface area contributed by atoms with Gasteiger partial charge in [-0.2, -0.15) is 0 Å². The Balaban J connectivity index is 1.54. The van der Waals surface area contributed by atoms with Crippen LogP contribution in [-0.4, -0.2) is 37.1 Å². The van der Waals surface area contributed by atoms with E-state index in [1.165, 1.54) is 10.6 Å². The van der Waals surface area contributed by atoms with E-state index in [2.05, 4.69) is 10.3 Å². The number of nitro benzene ring substituents is 1. The first-order valence-electron chi connectivity index (χ1n) is 12.2. The summed E-state index contributed by atoms with van der Waals surface area (Å²) >= 11 is 0. The first kappa shape index (κ1) is 23.7. The summed E-state index contributed by atoms with van der Waals surface area (Å²) in [6, 6.07) is 10.1. The number of nitrogens with one attached hydrogen (secondary N) is 1. The third kappa shape index (κ3) is 3.46. The summed E-state index contributed by atoms with van der Waals surface area (Å²) < 4.78 is 6.66. The van der Waals surface area contributed by atoms with Crippen LogP contribution in [0.2, 0.25) is 0 Å². The highest BCUT2D eigenvalue weighted by atomic mass is 16.6. The van der Waals surface area contributed by atoms with Gasteiger partial charge in [-0.05, 0) is 36.6 Å². The number of ether oxygens (including phenoxy) is 1. The average molecular weight is 514 g/mol. The molecule has 0 unspecified atom stereocenters. The van der Waals surface area contributed by atoms with Gasteiger partial charge in [0.15, 0.2) is 5.60 Å². The fraction of sp³-hybridized carbons (Fsp3) is 0.259. The molecule has 2 aliphatic heterocycles. The molecule has 11 nitrogen and oxygen atoms in total. The zero-order chi connectivity index (χ0) is 26.6. The Kier molecular flexibility index (Phi) is 5.46. The maximum atomic E-state index is 13.6. The van der Waals surface area contributed by atoms with Crippen molar-refractivity contribution >= 4 is 28.2 Å². The fourth-order valence-corrected chi connectivity index (χ4v) is 5.34. The molecule has 38 heavy (non-hydrogen) atoms. The highest BCUT2D eigenvalue weighted by Crippen LogP contribution is 2.43. The molecule has 0 bridgehead atoms. The summed E-state index contributed by atoms with van der Waals surface area (Å²) in [5.41, 5.74) is 1.47. The van der Waals surface area contributed by atoms with Crippen LogP contribution in [0.25, 0.3) is 22.3 Å². The van der Waals surface area contributed by atoms with Crippen molar-refractivity contribution in [3.8, 4) is 11.4 Å². The van der Waals surface area contributed by atoms with Gasteiger partial charge in [-0.15, -0.1) is 0 Å². The molecule has 0 saturated carbocycles. The minimum atomic E-state index is -1.94. The van der Waals surface area contributed by atoms with Gasteiger partial charge in [-0.25, -0.2) is 9.78 Å². The minimum absolute atomic E-state index is 0.0348. The van der Waals surface area contributed by atoms with E-state index in [0.717, 1.165) is 5.56 Å². The van der Waals surface area contributed by atoms with Gasteiger partial charge in [0, 0.05) is 36.1 Å². The van der Waals surface area contributed by atoms with Crippen molar-refractivity contribution in [1.29, 1.82) is 0 Å². The van der Waals surface area contributed by atoms with Crippen molar-refractivity contribution in [3.63, 3.8) is 0 Å². The van der Waals surface area contributed by atoms with Crippen molar-refractivity contribution in [1.82, 2.24) is 14.5 Å². The number of cyclic esters (lactones) is 1.